The third-order valence-electron chi connectivity index (χ3n) is 7.14. The minimum atomic E-state index is -0.0581. The molecule has 2 amide bonds. The molecule has 6 rings (SSSR count). The number of nitriles is 1. The molecule has 36 heavy (non-hydrogen) atoms. The van der Waals surface area contributed by atoms with Crippen molar-refractivity contribution >= 4 is 11.7 Å². The summed E-state index contributed by atoms with van der Waals surface area (Å²) in [7, 11) is 2.09. The number of carbonyl (C=O) groups is 1. The summed E-state index contributed by atoms with van der Waals surface area (Å²) in [4.78, 5) is 21.9. The van der Waals surface area contributed by atoms with Gasteiger partial charge >= 0.3 is 6.03 Å². The fraction of sp³-hybridized carbons (Fsp3) is 0.250. The Kier molecular flexibility index (Phi) is 5.35. The minimum Gasteiger partial charge on any atom is -0.340 e. The molecule has 0 unspecified atom stereocenters. The number of nitrogens with zero attached hydrogens (tertiary/aromatic N) is 6. The molecule has 0 bridgehead atoms. The van der Waals surface area contributed by atoms with Crippen LogP contribution in [0.5, 0.6) is 0 Å². The van der Waals surface area contributed by atoms with Crippen molar-refractivity contribution in [3.8, 4) is 34.4 Å². The summed E-state index contributed by atoms with van der Waals surface area (Å²) in [6.45, 7) is 5.21. The Morgan fingerprint density at radius 3 is 2.72 bits per heavy atom. The van der Waals surface area contributed by atoms with E-state index in [2.05, 4.69) is 68.8 Å². The van der Waals surface area contributed by atoms with Gasteiger partial charge in [-0.15, -0.1) is 0 Å². The van der Waals surface area contributed by atoms with Crippen molar-refractivity contribution in [3.05, 3.63) is 78.2 Å². The van der Waals surface area contributed by atoms with Crippen molar-refractivity contribution < 1.29 is 4.79 Å². The second-order valence-electron chi connectivity index (χ2n) is 9.63. The van der Waals surface area contributed by atoms with Crippen LogP contribution in [0.2, 0.25) is 0 Å². The van der Waals surface area contributed by atoms with E-state index in [9.17, 15) is 4.79 Å². The highest BCUT2D eigenvalue weighted by Crippen LogP contribution is 2.35. The van der Waals surface area contributed by atoms with E-state index in [0.29, 0.717) is 12.1 Å². The van der Waals surface area contributed by atoms with Gasteiger partial charge in [0.2, 0.25) is 0 Å². The molecule has 4 aromatic rings. The first-order valence-corrected chi connectivity index (χ1v) is 12.1. The summed E-state index contributed by atoms with van der Waals surface area (Å²) in [6, 6.07) is 18.1. The summed E-state index contributed by atoms with van der Waals surface area (Å²) in [5, 5.41) is 12.2. The van der Waals surface area contributed by atoms with Gasteiger partial charge in [-0.25, -0.2) is 9.78 Å². The van der Waals surface area contributed by atoms with Crippen LogP contribution in [0.25, 0.3) is 28.3 Å². The molecule has 8 nitrogen and oxygen atoms in total. The molecular weight excluding hydrogens is 450 g/mol. The second kappa shape index (κ2) is 8.70. The van der Waals surface area contributed by atoms with Crippen molar-refractivity contribution in [1.82, 2.24) is 23.9 Å². The number of amides is 2. The SMILES string of the molecule is C[C@H]1CN(C)CCN1C(=O)Nc1ccc2c(c1)Cn1cc(-c3ccc(C#N)cc3)cc1-c1nccn1-2. The zero-order chi connectivity index (χ0) is 24.8. The van der Waals surface area contributed by atoms with Gasteiger partial charge in [-0.05, 0) is 61.5 Å². The predicted octanol–water partition coefficient (Wildman–Crippen LogP) is 4.41. The van der Waals surface area contributed by atoms with E-state index in [1.54, 1.807) is 0 Å². The molecule has 4 heterocycles. The van der Waals surface area contributed by atoms with Gasteiger partial charge < -0.3 is 19.7 Å². The third kappa shape index (κ3) is 3.84. The van der Waals surface area contributed by atoms with Crippen LogP contribution >= 0.6 is 0 Å². The molecular formula is C28H27N7O. The maximum absolute atomic E-state index is 13.0. The number of rotatable bonds is 2. The first-order valence-electron chi connectivity index (χ1n) is 12.1. The fourth-order valence-electron chi connectivity index (χ4n) is 5.26. The first kappa shape index (κ1) is 22.1. The highest BCUT2D eigenvalue weighted by Gasteiger charge is 2.26. The number of hydrogen-bond donors (Lipinski definition) is 1. The van der Waals surface area contributed by atoms with Gasteiger partial charge in [-0.3, -0.25) is 4.57 Å². The quantitative estimate of drug-likeness (QED) is 0.408. The van der Waals surface area contributed by atoms with Crippen molar-refractivity contribution in [2.24, 2.45) is 0 Å². The molecule has 0 radical (unpaired) electrons. The molecule has 0 aliphatic carbocycles. The highest BCUT2D eigenvalue weighted by molar-refractivity contribution is 5.90. The van der Waals surface area contributed by atoms with Crippen LogP contribution in [0.1, 0.15) is 18.1 Å². The van der Waals surface area contributed by atoms with Crippen LogP contribution in [0.3, 0.4) is 0 Å². The number of urea groups is 1. The van der Waals surface area contributed by atoms with Gasteiger partial charge in [0, 0.05) is 62.1 Å². The molecule has 2 aliphatic heterocycles. The Morgan fingerprint density at radius 2 is 1.94 bits per heavy atom. The molecule has 8 heteroatoms. The monoisotopic (exact) mass is 477 g/mol. The number of aromatic nitrogens is 3. The standard InChI is InChI=1S/C28H27N7O/c1-19-16-32(2)11-12-34(19)28(36)31-24-7-8-25-23(13-24)18-33-17-22(21-5-3-20(15-29)4-6-21)14-26(33)27-30-9-10-35(25)27/h3-10,13-14,17,19H,11-12,16,18H2,1-2H3,(H,31,36)/t19-/m0/s1. The Balaban J connectivity index is 1.32. The molecule has 2 aromatic heterocycles. The zero-order valence-electron chi connectivity index (χ0n) is 20.3. The molecule has 2 aliphatic rings. The highest BCUT2D eigenvalue weighted by atomic mass is 16.2. The zero-order valence-corrected chi connectivity index (χ0v) is 20.3. The molecule has 1 fully saturated rings. The summed E-state index contributed by atoms with van der Waals surface area (Å²) in [6.07, 6.45) is 5.91. The smallest absolute Gasteiger partial charge is 0.322 e. The van der Waals surface area contributed by atoms with Crippen molar-refractivity contribution in [2.75, 3.05) is 32.0 Å². The molecule has 0 spiro atoms. The topological polar surface area (TPSA) is 82.1 Å². The molecule has 0 saturated carbocycles. The van der Waals surface area contributed by atoms with Crippen LogP contribution in [0.15, 0.2) is 67.1 Å². The Labute approximate surface area is 210 Å². The minimum absolute atomic E-state index is 0.0581. The van der Waals surface area contributed by atoms with Gasteiger partial charge in [0.25, 0.3) is 0 Å². The maximum Gasteiger partial charge on any atom is 0.322 e. The molecule has 1 N–H and O–H groups in total. The lowest BCUT2D eigenvalue weighted by Crippen LogP contribution is -2.53. The van der Waals surface area contributed by atoms with Crippen LogP contribution in [-0.2, 0) is 6.54 Å². The number of imidazole rings is 1. The Hall–Kier alpha value is -4.35. The average molecular weight is 478 g/mol. The fourth-order valence-corrected chi connectivity index (χ4v) is 5.26. The van der Waals surface area contributed by atoms with Gasteiger partial charge in [0.1, 0.15) is 0 Å². The number of likely N-dealkylation sites (N-methyl/N-ethyl adjacent to an activating group) is 1. The summed E-state index contributed by atoms with van der Waals surface area (Å²) >= 11 is 0. The first-order chi connectivity index (χ1) is 17.5. The number of nitrogens with one attached hydrogen (secondary N) is 1. The lowest BCUT2D eigenvalue weighted by atomic mass is 10.1. The lowest BCUT2D eigenvalue weighted by Gasteiger charge is -2.38. The van der Waals surface area contributed by atoms with Gasteiger partial charge in [-0.2, -0.15) is 5.26 Å². The normalized spacial score (nSPS) is 16.9. The van der Waals surface area contributed by atoms with Crippen LogP contribution in [-0.4, -0.2) is 62.7 Å². The summed E-state index contributed by atoms with van der Waals surface area (Å²) in [5.41, 5.74) is 6.72. The average Bonchev–Trinajstić information content (AvgIpc) is 3.49. The molecule has 1 atom stereocenters. The van der Waals surface area contributed by atoms with Crippen molar-refractivity contribution in [2.45, 2.75) is 19.5 Å². The maximum atomic E-state index is 13.0. The molecule has 1 saturated heterocycles. The molecule has 180 valence electrons. The number of carbonyl (C=O) groups excluding carboxylic acids is 1. The van der Waals surface area contributed by atoms with Crippen LogP contribution in [0, 0.1) is 11.3 Å². The number of benzene rings is 2. The lowest BCUT2D eigenvalue weighted by molar-refractivity contribution is 0.125. The third-order valence-corrected chi connectivity index (χ3v) is 7.14. The summed E-state index contributed by atoms with van der Waals surface area (Å²) in [5.74, 6) is 0.872. The molecule has 2 aromatic carbocycles. The largest absolute Gasteiger partial charge is 0.340 e. The predicted molar refractivity (Wildman–Crippen MR) is 139 cm³/mol. The van der Waals surface area contributed by atoms with E-state index >= 15 is 0 Å². The van der Waals surface area contributed by atoms with Crippen LogP contribution in [0.4, 0.5) is 10.5 Å². The van der Waals surface area contributed by atoms with E-state index in [4.69, 9.17) is 5.26 Å². The van der Waals surface area contributed by atoms with E-state index in [0.717, 1.165) is 59.2 Å². The van der Waals surface area contributed by atoms with Crippen molar-refractivity contribution in [3.63, 3.8) is 0 Å². The van der Waals surface area contributed by atoms with E-state index in [-0.39, 0.29) is 12.1 Å². The van der Waals surface area contributed by atoms with Crippen LogP contribution < -0.4 is 5.32 Å². The van der Waals surface area contributed by atoms with E-state index < -0.39 is 0 Å². The van der Waals surface area contributed by atoms with Gasteiger partial charge in [0.15, 0.2) is 5.82 Å². The van der Waals surface area contributed by atoms with E-state index in [1.807, 2.05) is 47.6 Å². The van der Waals surface area contributed by atoms with Crippen molar-refractivity contribution in [1.29, 1.82) is 5.26 Å². The number of hydrogen-bond acceptors (Lipinski definition) is 4. The number of fused-ring (bicyclic) bond motifs is 5. The summed E-state index contributed by atoms with van der Waals surface area (Å²) < 4.78 is 4.30. The Bertz CT molecular complexity index is 1490. The van der Waals surface area contributed by atoms with E-state index in [1.165, 1.54) is 0 Å². The second-order valence-corrected chi connectivity index (χ2v) is 9.63. The number of anilines is 1. The van der Waals surface area contributed by atoms with Gasteiger partial charge in [0.05, 0.1) is 23.0 Å². The Morgan fingerprint density at radius 1 is 1.11 bits per heavy atom. The number of piperazine rings is 1. The van der Waals surface area contributed by atoms with Gasteiger partial charge in [-0.1, -0.05) is 12.1 Å².